The normalized spacial score (nSPS) is 15.1. The molecule has 2 aromatic rings. The average molecular weight is 303 g/mol. The molecule has 0 amide bonds. The summed E-state index contributed by atoms with van der Waals surface area (Å²) in [6.07, 6.45) is 0. The highest BCUT2D eigenvalue weighted by molar-refractivity contribution is 5.35. The fourth-order valence-corrected chi connectivity index (χ4v) is 2.40. The van der Waals surface area contributed by atoms with Gasteiger partial charge in [-0.25, -0.2) is 4.39 Å². The lowest BCUT2D eigenvalue weighted by atomic mass is 9.95. The van der Waals surface area contributed by atoms with Gasteiger partial charge in [0.1, 0.15) is 11.6 Å². The Morgan fingerprint density at radius 3 is 2.45 bits per heavy atom. The van der Waals surface area contributed by atoms with E-state index in [4.69, 9.17) is 4.74 Å². The van der Waals surface area contributed by atoms with Crippen molar-refractivity contribution >= 4 is 0 Å². The summed E-state index contributed by atoms with van der Waals surface area (Å²) in [5, 5.41) is 13.9. The maximum absolute atomic E-state index is 13.0. The molecular formula is C18H22FNO2. The first-order chi connectivity index (χ1) is 10.4. The molecule has 3 nitrogen and oxygen atoms in total. The van der Waals surface area contributed by atoms with Gasteiger partial charge in [0.25, 0.3) is 0 Å². The lowest BCUT2D eigenvalue weighted by Crippen LogP contribution is -2.36. The van der Waals surface area contributed by atoms with E-state index in [0.29, 0.717) is 12.1 Å². The van der Waals surface area contributed by atoms with Crippen LogP contribution in [0.15, 0.2) is 48.5 Å². The van der Waals surface area contributed by atoms with E-state index in [0.717, 1.165) is 11.3 Å². The van der Waals surface area contributed by atoms with Crippen molar-refractivity contribution in [1.82, 2.24) is 5.32 Å². The summed E-state index contributed by atoms with van der Waals surface area (Å²) in [5.41, 5.74) is 0.623. The molecule has 0 aromatic heterocycles. The molecule has 0 radical (unpaired) electrons. The second kappa shape index (κ2) is 6.90. The lowest BCUT2D eigenvalue weighted by molar-refractivity contribution is 0.0542. The number of halogens is 1. The van der Waals surface area contributed by atoms with Gasteiger partial charge in [-0.2, -0.15) is 0 Å². The number of aliphatic hydroxyl groups is 1. The topological polar surface area (TPSA) is 41.5 Å². The molecule has 2 N–H and O–H groups in total. The van der Waals surface area contributed by atoms with E-state index in [9.17, 15) is 9.50 Å². The summed E-state index contributed by atoms with van der Waals surface area (Å²) in [7, 11) is 1.64. The fraction of sp³-hybridized carbons (Fsp3) is 0.333. The van der Waals surface area contributed by atoms with Crippen LogP contribution < -0.4 is 10.1 Å². The molecule has 0 spiro atoms. The zero-order chi connectivity index (χ0) is 16.2. The van der Waals surface area contributed by atoms with E-state index in [1.807, 2.05) is 31.2 Å². The van der Waals surface area contributed by atoms with Crippen molar-refractivity contribution in [3.8, 4) is 5.75 Å². The highest BCUT2D eigenvalue weighted by Crippen LogP contribution is 2.26. The van der Waals surface area contributed by atoms with Crippen LogP contribution >= 0.6 is 0 Å². The van der Waals surface area contributed by atoms with Crippen molar-refractivity contribution in [2.75, 3.05) is 13.7 Å². The lowest BCUT2D eigenvalue weighted by Gasteiger charge is -2.27. The Bertz CT molecular complexity index is 611. The smallest absolute Gasteiger partial charge is 0.123 e. The molecular weight excluding hydrogens is 281 g/mol. The zero-order valence-corrected chi connectivity index (χ0v) is 13.1. The fourth-order valence-electron chi connectivity index (χ4n) is 2.40. The van der Waals surface area contributed by atoms with Gasteiger partial charge in [-0.15, -0.1) is 0 Å². The van der Waals surface area contributed by atoms with Crippen LogP contribution in [0.4, 0.5) is 4.39 Å². The SMILES string of the molecule is COc1ccccc1C(C)NCC(C)(O)c1ccc(F)cc1. The van der Waals surface area contributed by atoms with E-state index >= 15 is 0 Å². The highest BCUT2D eigenvalue weighted by Gasteiger charge is 2.24. The molecule has 118 valence electrons. The van der Waals surface area contributed by atoms with Crippen LogP contribution in [0.25, 0.3) is 0 Å². The number of rotatable bonds is 6. The Kier molecular flexibility index (Phi) is 5.16. The van der Waals surface area contributed by atoms with Gasteiger partial charge >= 0.3 is 0 Å². The van der Waals surface area contributed by atoms with Gasteiger partial charge in [0.15, 0.2) is 0 Å². The predicted octanol–water partition coefficient (Wildman–Crippen LogP) is 3.39. The number of benzene rings is 2. The minimum absolute atomic E-state index is 0.0167. The summed E-state index contributed by atoms with van der Waals surface area (Å²) in [6, 6.07) is 13.7. The van der Waals surface area contributed by atoms with Crippen LogP contribution in [0.5, 0.6) is 5.75 Å². The molecule has 0 saturated carbocycles. The monoisotopic (exact) mass is 303 g/mol. The first kappa shape index (κ1) is 16.5. The number of hydrogen-bond acceptors (Lipinski definition) is 3. The Hall–Kier alpha value is -1.91. The maximum atomic E-state index is 13.0. The minimum Gasteiger partial charge on any atom is -0.496 e. The average Bonchev–Trinajstić information content (AvgIpc) is 2.53. The van der Waals surface area contributed by atoms with E-state index in [1.165, 1.54) is 12.1 Å². The van der Waals surface area contributed by atoms with Crippen molar-refractivity contribution < 1.29 is 14.2 Å². The molecule has 0 heterocycles. The number of hydrogen-bond donors (Lipinski definition) is 2. The first-order valence-corrected chi connectivity index (χ1v) is 7.29. The third-order valence-electron chi connectivity index (χ3n) is 3.82. The third kappa shape index (κ3) is 3.84. The molecule has 0 aliphatic heterocycles. The van der Waals surface area contributed by atoms with Crippen molar-refractivity contribution in [2.24, 2.45) is 0 Å². The Morgan fingerprint density at radius 2 is 1.82 bits per heavy atom. The molecule has 0 bridgehead atoms. The molecule has 22 heavy (non-hydrogen) atoms. The molecule has 2 rings (SSSR count). The molecule has 0 saturated heterocycles. The number of ether oxygens (including phenoxy) is 1. The maximum Gasteiger partial charge on any atom is 0.123 e. The van der Waals surface area contributed by atoms with Gasteiger partial charge in [0.2, 0.25) is 0 Å². The van der Waals surface area contributed by atoms with E-state index in [-0.39, 0.29) is 11.9 Å². The number of nitrogens with one attached hydrogen (secondary N) is 1. The van der Waals surface area contributed by atoms with Crippen LogP contribution in [0, 0.1) is 5.82 Å². The number of para-hydroxylation sites is 1. The van der Waals surface area contributed by atoms with Crippen LogP contribution in [0.1, 0.15) is 31.0 Å². The molecule has 0 aliphatic rings. The highest BCUT2D eigenvalue weighted by atomic mass is 19.1. The summed E-state index contributed by atoms with van der Waals surface area (Å²) < 4.78 is 18.3. The molecule has 2 atom stereocenters. The molecule has 4 heteroatoms. The van der Waals surface area contributed by atoms with Crippen LogP contribution in [-0.2, 0) is 5.60 Å². The summed E-state index contributed by atoms with van der Waals surface area (Å²) >= 11 is 0. The van der Waals surface area contributed by atoms with Gasteiger partial charge in [0, 0.05) is 18.2 Å². The van der Waals surface area contributed by atoms with E-state index < -0.39 is 5.60 Å². The Balaban J connectivity index is 2.06. The Labute approximate surface area is 130 Å². The molecule has 2 unspecified atom stereocenters. The third-order valence-corrected chi connectivity index (χ3v) is 3.82. The standard InChI is InChI=1S/C18H22FNO2/c1-13(16-6-4-5-7-17(16)22-3)20-12-18(2,21)14-8-10-15(19)11-9-14/h4-11,13,20-21H,12H2,1-3H3. The van der Waals surface area contributed by atoms with Crippen LogP contribution in [-0.4, -0.2) is 18.8 Å². The van der Waals surface area contributed by atoms with Gasteiger partial charge in [-0.1, -0.05) is 30.3 Å². The minimum atomic E-state index is -1.08. The van der Waals surface area contributed by atoms with Gasteiger partial charge < -0.3 is 15.2 Å². The van der Waals surface area contributed by atoms with Crippen molar-refractivity contribution in [2.45, 2.75) is 25.5 Å². The van der Waals surface area contributed by atoms with E-state index in [1.54, 1.807) is 26.2 Å². The molecule has 0 aliphatic carbocycles. The zero-order valence-electron chi connectivity index (χ0n) is 13.1. The summed E-state index contributed by atoms with van der Waals surface area (Å²) in [6.45, 7) is 4.07. The van der Waals surface area contributed by atoms with Crippen molar-refractivity contribution in [1.29, 1.82) is 0 Å². The second-order valence-electron chi connectivity index (χ2n) is 5.63. The Morgan fingerprint density at radius 1 is 1.18 bits per heavy atom. The quantitative estimate of drug-likeness (QED) is 0.859. The largest absolute Gasteiger partial charge is 0.496 e. The van der Waals surface area contributed by atoms with Crippen molar-refractivity contribution in [3.63, 3.8) is 0 Å². The molecule has 0 fully saturated rings. The summed E-state index contributed by atoms with van der Waals surface area (Å²) in [4.78, 5) is 0. The second-order valence-corrected chi connectivity index (χ2v) is 5.63. The number of methoxy groups -OCH3 is 1. The van der Waals surface area contributed by atoms with Crippen LogP contribution in [0.2, 0.25) is 0 Å². The predicted molar refractivity (Wildman–Crippen MR) is 85.4 cm³/mol. The van der Waals surface area contributed by atoms with E-state index in [2.05, 4.69) is 5.32 Å². The van der Waals surface area contributed by atoms with Gasteiger partial charge in [-0.3, -0.25) is 0 Å². The van der Waals surface area contributed by atoms with Gasteiger partial charge in [-0.05, 0) is 37.6 Å². The molecule has 2 aromatic carbocycles. The van der Waals surface area contributed by atoms with Crippen molar-refractivity contribution in [3.05, 3.63) is 65.5 Å². The summed E-state index contributed by atoms with van der Waals surface area (Å²) in [5.74, 6) is 0.499. The first-order valence-electron chi connectivity index (χ1n) is 7.29. The van der Waals surface area contributed by atoms with Crippen LogP contribution in [0.3, 0.4) is 0 Å². The van der Waals surface area contributed by atoms with Gasteiger partial charge in [0.05, 0.1) is 12.7 Å².